The Morgan fingerprint density at radius 2 is 2.00 bits per heavy atom. The van der Waals surface area contributed by atoms with Gasteiger partial charge in [0, 0.05) is 16.7 Å². The van der Waals surface area contributed by atoms with E-state index in [0.29, 0.717) is 16.5 Å². The molecule has 0 aliphatic carbocycles. The summed E-state index contributed by atoms with van der Waals surface area (Å²) in [7, 11) is 0. The molecule has 0 radical (unpaired) electrons. The maximum atomic E-state index is 11.8. The Hall–Kier alpha value is -3.36. The molecule has 0 saturated heterocycles. The first-order valence-electron chi connectivity index (χ1n) is 8.17. The molecule has 0 bridgehead atoms. The molecule has 0 spiro atoms. The van der Waals surface area contributed by atoms with Crippen molar-refractivity contribution in [2.75, 3.05) is 6.61 Å². The molecule has 0 aliphatic heterocycles. The lowest BCUT2D eigenvalue weighted by atomic mass is 10.2. The zero-order valence-electron chi connectivity index (χ0n) is 14.7. The van der Waals surface area contributed by atoms with Crippen molar-refractivity contribution in [3.8, 4) is 17.1 Å². The number of carbonyl (C=O) groups is 1. The van der Waals surface area contributed by atoms with Gasteiger partial charge in [0.2, 0.25) is 0 Å². The highest BCUT2D eigenvalue weighted by atomic mass is 35.5. The Labute approximate surface area is 174 Å². The van der Waals surface area contributed by atoms with Crippen LogP contribution in [0.3, 0.4) is 0 Å². The Morgan fingerprint density at radius 3 is 2.76 bits per heavy atom. The molecule has 3 rings (SSSR count). The maximum Gasteiger partial charge on any atom is 0.312 e. The quantitative estimate of drug-likeness (QED) is 0.330. The van der Waals surface area contributed by atoms with Crippen LogP contribution in [0.4, 0.5) is 5.69 Å². The van der Waals surface area contributed by atoms with E-state index in [0.717, 1.165) is 11.6 Å². The fraction of sp³-hybridized carbons (Fsp3) is 0.0526. The van der Waals surface area contributed by atoms with Gasteiger partial charge in [0.1, 0.15) is 11.5 Å². The molecule has 8 nitrogen and oxygen atoms in total. The molecule has 1 aromatic heterocycles. The average molecular weight is 434 g/mol. The minimum Gasteiger partial charge on any atom is -0.477 e. The molecule has 1 N–H and O–H groups in total. The predicted molar refractivity (Wildman–Crippen MR) is 108 cm³/mol. The van der Waals surface area contributed by atoms with Gasteiger partial charge in [-0.2, -0.15) is 5.10 Å². The third kappa shape index (κ3) is 5.34. The van der Waals surface area contributed by atoms with Crippen LogP contribution < -0.4 is 10.2 Å². The molecule has 0 aliphatic rings. The van der Waals surface area contributed by atoms with E-state index < -0.39 is 17.4 Å². The minimum absolute atomic E-state index is 0.0751. The van der Waals surface area contributed by atoms with Crippen molar-refractivity contribution >= 4 is 41.0 Å². The highest BCUT2D eigenvalue weighted by Crippen LogP contribution is 2.30. The first-order chi connectivity index (χ1) is 13.9. The molecule has 0 atom stereocenters. The number of hydrazone groups is 1. The van der Waals surface area contributed by atoms with Crippen molar-refractivity contribution in [3.63, 3.8) is 0 Å². The zero-order chi connectivity index (χ0) is 20.8. The molecule has 10 heteroatoms. The average Bonchev–Trinajstić information content (AvgIpc) is 3.16. The fourth-order valence-electron chi connectivity index (χ4n) is 2.33. The number of nitro benzene ring substituents is 1. The Bertz CT molecular complexity index is 1080. The molecule has 0 fully saturated rings. The number of furan rings is 1. The second-order valence-corrected chi connectivity index (χ2v) is 6.48. The van der Waals surface area contributed by atoms with Crippen molar-refractivity contribution in [3.05, 3.63) is 80.5 Å². The van der Waals surface area contributed by atoms with Crippen molar-refractivity contribution in [1.82, 2.24) is 5.43 Å². The summed E-state index contributed by atoms with van der Waals surface area (Å²) < 4.78 is 10.8. The normalized spacial score (nSPS) is 10.8. The molecular weight excluding hydrogens is 421 g/mol. The number of amides is 1. The van der Waals surface area contributed by atoms with Gasteiger partial charge in [0.15, 0.2) is 12.4 Å². The van der Waals surface area contributed by atoms with Gasteiger partial charge in [0.25, 0.3) is 5.91 Å². The van der Waals surface area contributed by atoms with E-state index in [1.165, 1.54) is 18.3 Å². The van der Waals surface area contributed by atoms with Crippen LogP contribution in [0.15, 0.2) is 64.1 Å². The van der Waals surface area contributed by atoms with Crippen LogP contribution in [0.25, 0.3) is 11.3 Å². The molecule has 2 aromatic carbocycles. The number of nitrogens with one attached hydrogen (secondary N) is 1. The lowest BCUT2D eigenvalue weighted by molar-refractivity contribution is -0.385. The Kier molecular flexibility index (Phi) is 6.48. The lowest BCUT2D eigenvalue weighted by Gasteiger charge is -2.05. The number of nitrogens with zero attached hydrogens (tertiary/aromatic N) is 2. The van der Waals surface area contributed by atoms with Crippen LogP contribution >= 0.6 is 23.2 Å². The summed E-state index contributed by atoms with van der Waals surface area (Å²) in [6.45, 7) is -0.469. The van der Waals surface area contributed by atoms with E-state index in [9.17, 15) is 14.9 Å². The second kappa shape index (κ2) is 9.22. The molecule has 0 unspecified atom stereocenters. The summed E-state index contributed by atoms with van der Waals surface area (Å²) in [6, 6.07) is 14.5. The molecule has 0 saturated carbocycles. The number of carbonyl (C=O) groups excluding carboxylic acids is 1. The van der Waals surface area contributed by atoms with Gasteiger partial charge in [-0.3, -0.25) is 14.9 Å². The third-order valence-electron chi connectivity index (χ3n) is 3.62. The van der Waals surface area contributed by atoms with Crippen LogP contribution in [0, 0.1) is 10.1 Å². The fourth-order valence-corrected chi connectivity index (χ4v) is 2.72. The zero-order valence-corrected chi connectivity index (χ0v) is 16.2. The summed E-state index contributed by atoms with van der Waals surface area (Å²) in [5, 5.41) is 15.5. The van der Waals surface area contributed by atoms with E-state index in [-0.39, 0.29) is 16.5 Å². The van der Waals surface area contributed by atoms with Gasteiger partial charge in [-0.25, -0.2) is 5.43 Å². The van der Waals surface area contributed by atoms with Crippen LogP contribution in [-0.2, 0) is 4.79 Å². The molecular formula is C19H13Cl2N3O5. The van der Waals surface area contributed by atoms with E-state index >= 15 is 0 Å². The van der Waals surface area contributed by atoms with Crippen LogP contribution in [0.2, 0.25) is 10.0 Å². The number of rotatable bonds is 7. The Balaban J connectivity index is 1.56. The lowest BCUT2D eigenvalue weighted by Crippen LogP contribution is -2.24. The van der Waals surface area contributed by atoms with Gasteiger partial charge in [-0.1, -0.05) is 35.3 Å². The monoisotopic (exact) mass is 433 g/mol. The number of benzene rings is 2. The van der Waals surface area contributed by atoms with Crippen molar-refractivity contribution in [2.45, 2.75) is 0 Å². The number of ether oxygens (including phenoxy) is 1. The van der Waals surface area contributed by atoms with Gasteiger partial charge < -0.3 is 9.15 Å². The summed E-state index contributed by atoms with van der Waals surface area (Å²) in [5.41, 5.74) is 2.64. The first-order valence-corrected chi connectivity index (χ1v) is 8.93. The summed E-state index contributed by atoms with van der Waals surface area (Å²) in [6.07, 6.45) is 1.31. The minimum atomic E-state index is -0.648. The Morgan fingerprint density at radius 1 is 1.21 bits per heavy atom. The SMILES string of the molecule is O=C(COc1ccc(Cl)cc1[N+](=O)[O-])N/N=C\c1ccc(-c2ccccc2Cl)o1. The smallest absolute Gasteiger partial charge is 0.312 e. The van der Waals surface area contributed by atoms with Gasteiger partial charge in [0.05, 0.1) is 16.2 Å². The topological polar surface area (TPSA) is 107 Å². The molecule has 3 aromatic rings. The number of hydrogen-bond donors (Lipinski definition) is 1. The van der Waals surface area contributed by atoms with Crippen molar-refractivity contribution < 1.29 is 18.9 Å². The molecule has 1 amide bonds. The molecule has 148 valence electrons. The van der Waals surface area contributed by atoms with Crippen molar-refractivity contribution in [1.29, 1.82) is 0 Å². The first kappa shape index (κ1) is 20.4. The summed E-state index contributed by atoms with van der Waals surface area (Å²) in [5.74, 6) is 0.272. The van der Waals surface area contributed by atoms with Gasteiger partial charge in [-0.05, 0) is 36.4 Å². The van der Waals surface area contributed by atoms with E-state index in [4.69, 9.17) is 32.4 Å². The maximum absolute atomic E-state index is 11.8. The predicted octanol–water partition coefficient (Wildman–Crippen LogP) is 4.69. The summed E-state index contributed by atoms with van der Waals surface area (Å²) >= 11 is 11.8. The molecule has 1 heterocycles. The largest absolute Gasteiger partial charge is 0.477 e. The third-order valence-corrected chi connectivity index (χ3v) is 4.19. The second-order valence-electron chi connectivity index (χ2n) is 5.63. The number of nitro groups is 1. The number of hydrogen-bond acceptors (Lipinski definition) is 6. The van der Waals surface area contributed by atoms with Gasteiger partial charge in [-0.15, -0.1) is 0 Å². The van der Waals surface area contributed by atoms with Crippen LogP contribution in [-0.4, -0.2) is 23.7 Å². The van der Waals surface area contributed by atoms with Gasteiger partial charge >= 0.3 is 5.69 Å². The van der Waals surface area contributed by atoms with Crippen LogP contribution in [0.5, 0.6) is 5.75 Å². The van der Waals surface area contributed by atoms with Crippen molar-refractivity contribution in [2.24, 2.45) is 5.10 Å². The highest BCUT2D eigenvalue weighted by molar-refractivity contribution is 6.33. The van der Waals surface area contributed by atoms with E-state index in [1.54, 1.807) is 18.2 Å². The molecule has 29 heavy (non-hydrogen) atoms. The van der Waals surface area contributed by atoms with E-state index in [2.05, 4.69) is 10.5 Å². The highest BCUT2D eigenvalue weighted by Gasteiger charge is 2.16. The summed E-state index contributed by atoms with van der Waals surface area (Å²) in [4.78, 5) is 22.2. The standard InChI is InChI=1S/C19H13Cl2N3O5/c20-12-5-7-18(16(9-12)24(26)27)28-11-19(25)23-22-10-13-6-8-17(29-13)14-3-1-2-4-15(14)21/h1-10H,11H2,(H,23,25)/b22-10-. The van der Waals surface area contributed by atoms with Crippen LogP contribution in [0.1, 0.15) is 5.76 Å². The number of halogens is 2. The van der Waals surface area contributed by atoms with E-state index in [1.807, 2.05) is 18.2 Å².